The second-order valence-electron chi connectivity index (χ2n) is 5.36. The summed E-state index contributed by atoms with van der Waals surface area (Å²) in [6.45, 7) is 6.37. The SMILES string of the molecule is CCCNC(CCN(C)C(C)CO)c1ccc(Cl)cc1. The molecular weight excluding hydrogens is 272 g/mol. The van der Waals surface area contributed by atoms with Crippen molar-refractivity contribution in [2.24, 2.45) is 0 Å². The molecule has 0 aliphatic rings. The van der Waals surface area contributed by atoms with Gasteiger partial charge < -0.3 is 15.3 Å². The molecule has 114 valence electrons. The molecule has 0 heterocycles. The maximum absolute atomic E-state index is 9.19. The molecule has 1 aromatic carbocycles. The summed E-state index contributed by atoms with van der Waals surface area (Å²) in [5.74, 6) is 0. The van der Waals surface area contributed by atoms with Gasteiger partial charge in [0.2, 0.25) is 0 Å². The summed E-state index contributed by atoms with van der Waals surface area (Å²) in [7, 11) is 2.06. The van der Waals surface area contributed by atoms with Gasteiger partial charge in [0.05, 0.1) is 6.61 Å². The third-order valence-electron chi connectivity index (χ3n) is 3.70. The predicted molar refractivity (Wildman–Crippen MR) is 86.3 cm³/mol. The summed E-state index contributed by atoms with van der Waals surface area (Å²) in [6, 6.07) is 8.60. The van der Waals surface area contributed by atoms with Crippen molar-refractivity contribution in [3.8, 4) is 0 Å². The van der Waals surface area contributed by atoms with Crippen LogP contribution in [0.3, 0.4) is 0 Å². The topological polar surface area (TPSA) is 35.5 Å². The van der Waals surface area contributed by atoms with E-state index in [4.69, 9.17) is 11.6 Å². The number of aliphatic hydroxyl groups is 1. The smallest absolute Gasteiger partial charge is 0.0584 e. The van der Waals surface area contributed by atoms with Crippen molar-refractivity contribution < 1.29 is 5.11 Å². The molecule has 0 aromatic heterocycles. The molecule has 2 unspecified atom stereocenters. The standard InChI is InChI=1S/C16H27ClN2O/c1-4-10-18-16(9-11-19(3)13(2)12-20)14-5-7-15(17)8-6-14/h5-8,13,16,18,20H,4,9-12H2,1-3H3. The van der Waals surface area contributed by atoms with Gasteiger partial charge in [-0.05, 0) is 51.1 Å². The lowest BCUT2D eigenvalue weighted by molar-refractivity contribution is 0.154. The predicted octanol–water partition coefficient (Wildman–Crippen LogP) is 3.08. The van der Waals surface area contributed by atoms with Gasteiger partial charge in [-0.1, -0.05) is 30.7 Å². The summed E-state index contributed by atoms with van der Waals surface area (Å²) >= 11 is 5.95. The van der Waals surface area contributed by atoms with E-state index in [0.29, 0.717) is 6.04 Å². The number of nitrogens with zero attached hydrogens (tertiary/aromatic N) is 1. The number of rotatable bonds is 9. The first-order chi connectivity index (χ1) is 9.58. The minimum atomic E-state index is 0.199. The Bertz CT molecular complexity index is 369. The summed E-state index contributed by atoms with van der Waals surface area (Å²) < 4.78 is 0. The van der Waals surface area contributed by atoms with Crippen molar-refractivity contribution in [1.82, 2.24) is 10.2 Å². The number of likely N-dealkylation sites (N-methyl/N-ethyl adjacent to an activating group) is 1. The van der Waals surface area contributed by atoms with Crippen molar-refractivity contribution in [3.63, 3.8) is 0 Å². The van der Waals surface area contributed by atoms with E-state index in [2.05, 4.69) is 36.3 Å². The van der Waals surface area contributed by atoms with E-state index in [1.54, 1.807) is 0 Å². The third-order valence-corrected chi connectivity index (χ3v) is 3.95. The molecule has 0 amide bonds. The Morgan fingerprint density at radius 3 is 2.50 bits per heavy atom. The van der Waals surface area contributed by atoms with Crippen molar-refractivity contribution >= 4 is 11.6 Å². The lowest BCUT2D eigenvalue weighted by atomic mass is 10.0. The Morgan fingerprint density at radius 2 is 1.95 bits per heavy atom. The average Bonchev–Trinajstić information content (AvgIpc) is 2.47. The van der Waals surface area contributed by atoms with Crippen molar-refractivity contribution in [3.05, 3.63) is 34.9 Å². The summed E-state index contributed by atoms with van der Waals surface area (Å²) in [4.78, 5) is 2.19. The van der Waals surface area contributed by atoms with Gasteiger partial charge in [0.15, 0.2) is 0 Å². The highest BCUT2D eigenvalue weighted by atomic mass is 35.5. The number of nitrogens with one attached hydrogen (secondary N) is 1. The fraction of sp³-hybridized carbons (Fsp3) is 0.625. The Kier molecular flexibility index (Phi) is 8.15. The molecule has 0 aliphatic carbocycles. The molecule has 4 heteroatoms. The van der Waals surface area contributed by atoms with Crippen LogP contribution in [0, 0.1) is 0 Å². The minimum absolute atomic E-state index is 0.199. The Hall–Kier alpha value is -0.610. The van der Waals surface area contributed by atoms with Gasteiger partial charge in [0, 0.05) is 23.7 Å². The molecule has 20 heavy (non-hydrogen) atoms. The van der Waals surface area contributed by atoms with Crippen LogP contribution in [0.2, 0.25) is 5.02 Å². The maximum Gasteiger partial charge on any atom is 0.0584 e. The van der Waals surface area contributed by atoms with Gasteiger partial charge in [-0.2, -0.15) is 0 Å². The second-order valence-corrected chi connectivity index (χ2v) is 5.80. The molecule has 3 nitrogen and oxygen atoms in total. The molecule has 0 radical (unpaired) electrons. The summed E-state index contributed by atoms with van der Waals surface area (Å²) in [6.07, 6.45) is 2.13. The van der Waals surface area contributed by atoms with E-state index in [-0.39, 0.29) is 12.6 Å². The van der Waals surface area contributed by atoms with Crippen LogP contribution in [0.25, 0.3) is 0 Å². The van der Waals surface area contributed by atoms with Crippen LogP contribution in [-0.4, -0.2) is 42.8 Å². The van der Waals surface area contributed by atoms with Crippen LogP contribution in [0.1, 0.15) is 38.3 Å². The number of benzene rings is 1. The van der Waals surface area contributed by atoms with E-state index >= 15 is 0 Å². The Morgan fingerprint density at radius 1 is 1.30 bits per heavy atom. The molecule has 2 N–H and O–H groups in total. The van der Waals surface area contributed by atoms with Crippen LogP contribution in [-0.2, 0) is 0 Å². The van der Waals surface area contributed by atoms with Gasteiger partial charge in [-0.3, -0.25) is 0 Å². The molecule has 1 rings (SSSR count). The highest BCUT2D eigenvalue weighted by Crippen LogP contribution is 2.20. The highest BCUT2D eigenvalue weighted by molar-refractivity contribution is 6.30. The lowest BCUT2D eigenvalue weighted by Crippen LogP contribution is -2.35. The van der Waals surface area contributed by atoms with Crippen molar-refractivity contribution in [2.45, 2.75) is 38.8 Å². The van der Waals surface area contributed by atoms with E-state index in [0.717, 1.165) is 31.0 Å². The van der Waals surface area contributed by atoms with E-state index in [1.807, 2.05) is 19.1 Å². The van der Waals surface area contributed by atoms with Crippen LogP contribution in [0.5, 0.6) is 0 Å². The van der Waals surface area contributed by atoms with E-state index in [9.17, 15) is 5.11 Å². The minimum Gasteiger partial charge on any atom is -0.395 e. The summed E-state index contributed by atoms with van der Waals surface area (Å²) in [5, 5.41) is 13.5. The van der Waals surface area contributed by atoms with E-state index in [1.165, 1.54) is 5.56 Å². The Balaban J connectivity index is 2.62. The molecule has 0 fully saturated rings. The second kappa shape index (κ2) is 9.35. The highest BCUT2D eigenvalue weighted by Gasteiger charge is 2.14. The van der Waals surface area contributed by atoms with Gasteiger partial charge in [-0.15, -0.1) is 0 Å². The van der Waals surface area contributed by atoms with Gasteiger partial charge in [0.25, 0.3) is 0 Å². The first kappa shape index (κ1) is 17.4. The normalized spacial score (nSPS) is 14.5. The number of aliphatic hydroxyl groups excluding tert-OH is 1. The number of hydrogen-bond acceptors (Lipinski definition) is 3. The van der Waals surface area contributed by atoms with Gasteiger partial charge >= 0.3 is 0 Å². The van der Waals surface area contributed by atoms with E-state index < -0.39 is 0 Å². The zero-order chi connectivity index (χ0) is 15.0. The zero-order valence-electron chi connectivity index (χ0n) is 12.8. The first-order valence-corrected chi connectivity index (χ1v) is 7.76. The third kappa shape index (κ3) is 5.80. The Labute approximate surface area is 127 Å². The quantitative estimate of drug-likeness (QED) is 0.735. The fourth-order valence-corrected chi connectivity index (χ4v) is 2.22. The largest absolute Gasteiger partial charge is 0.395 e. The average molecular weight is 299 g/mol. The molecular formula is C16H27ClN2O. The van der Waals surface area contributed by atoms with Crippen molar-refractivity contribution in [2.75, 3.05) is 26.7 Å². The van der Waals surface area contributed by atoms with Crippen LogP contribution < -0.4 is 5.32 Å². The molecule has 1 aromatic rings. The van der Waals surface area contributed by atoms with Crippen LogP contribution in [0.4, 0.5) is 0 Å². The maximum atomic E-state index is 9.19. The first-order valence-electron chi connectivity index (χ1n) is 7.38. The molecule has 2 atom stereocenters. The van der Waals surface area contributed by atoms with Crippen molar-refractivity contribution in [1.29, 1.82) is 0 Å². The lowest BCUT2D eigenvalue weighted by Gasteiger charge is -2.26. The fourth-order valence-electron chi connectivity index (χ4n) is 2.09. The molecule has 0 aliphatic heterocycles. The van der Waals surface area contributed by atoms with Gasteiger partial charge in [0.1, 0.15) is 0 Å². The van der Waals surface area contributed by atoms with Crippen LogP contribution >= 0.6 is 11.6 Å². The number of halogens is 1. The number of hydrogen-bond donors (Lipinski definition) is 2. The molecule has 0 saturated carbocycles. The van der Waals surface area contributed by atoms with Crippen LogP contribution in [0.15, 0.2) is 24.3 Å². The summed E-state index contributed by atoms with van der Waals surface area (Å²) in [5.41, 5.74) is 1.27. The molecule has 0 saturated heterocycles. The molecule has 0 bridgehead atoms. The monoisotopic (exact) mass is 298 g/mol. The van der Waals surface area contributed by atoms with Gasteiger partial charge in [-0.25, -0.2) is 0 Å². The zero-order valence-corrected chi connectivity index (χ0v) is 13.5. The molecule has 0 spiro atoms.